The maximum atomic E-state index is 12.5. The second-order valence-electron chi connectivity index (χ2n) is 6.97. The van der Waals surface area contributed by atoms with Gasteiger partial charge in [0.05, 0.1) is 12.1 Å². The number of nitrogens with zero attached hydrogens (tertiary/aromatic N) is 1. The van der Waals surface area contributed by atoms with Crippen LogP contribution in [0.1, 0.15) is 48.8 Å². The van der Waals surface area contributed by atoms with E-state index >= 15 is 0 Å². The van der Waals surface area contributed by atoms with Gasteiger partial charge in [0.25, 0.3) is 0 Å². The summed E-state index contributed by atoms with van der Waals surface area (Å²) in [5, 5.41) is 12.2. The third kappa shape index (κ3) is 3.97. The molecule has 5 heteroatoms. The van der Waals surface area contributed by atoms with Gasteiger partial charge in [-0.25, -0.2) is 0 Å². The highest BCUT2D eigenvalue weighted by atomic mass is 35.5. The zero-order valence-corrected chi connectivity index (χ0v) is 17.1. The van der Waals surface area contributed by atoms with E-state index in [1.54, 1.807) is 25.4 Å². The number of ether oxygens (including phenoxy) is 1. The van der Waals surface area contributed by atoms with E-state index in [1.807, 2.05) is 38.1 Å². The SMILES string of the molecule is CCCC(=O)CC(c1ccc(C)c(OC)c1)c1cc(Cl)c2cccnc2c1O. The fraction of sp³-hybridized carbons (Fsp3) is 0.304. The van der Waals surface area contributed by atoms with Gasteiger partial charge in [0.2, 0.25) is 0 Å². The highest BCUT2D eigenvalue weighted by Gasteiger charge is 2.24. The lowest BCUT2D eigenvalue weighted by Gasteiger charge is -2.21. The van der Waals surface area contributed by atoms with Crippen molar-refractivity contribution in [1.82, 2.24) is 4.98 Å². The monoisotopic (exact) mass is 397 g/mol. The molecule has 0 radical (unpaired) electrons. The summed E-state index contributed by atoms with van der Waals surface area (Å²) >= 11 is 6.49. The molecule has 0 saturated heterocycles. The quantitative estimate of drug-likeness (QED) is 0.547. The molecular weight excluding hydrogens is 374 g/mol. The Morgan fingerprint density at radius 1 is 1.29 bits per heavy atom. The lowest BCUT2D eigenvalue weighted by atomic mass is 9.84. The smallest absolute Gasteiger partial charge is 0.145 e. The van der Waals surface area contributed by atoms with Crippen molar-refractivity contribution in [2.75, 3.05) is 7.11 Å². The molecule has 1 N–H and O–H groups in total. The summed E-state index contributed by atoms with van der Waals surface area (Å²) in [4.78, 5) is 16.8. The number of carbonyl (C=O) groups is 1. The Labute approximate surface area is 170 Å². The highest BCUT2D eigenvalue weighted by molar-refractivity contribution is 6.35. The topological polar surface area (TPSA) is 59.4 Å². The van der Waals surface area contributed by atoms with Crippen LogP contribution in [-0.2, 0) is 4.79 Å². The number of phenols is 1. The van der Waals surface area contributed by atoms with Gasteiger partial charge in [-0.05, 0) is 48.7 Å². The van der Waals surface area contributed by atoms with Gasteiger partial charge in [0.1, 0.15) is 22.8 Å². The molecule has 0 amide bonds. The molecule has 0 spiro atoms. The van der Waals surface area contributed by atoms with Gasteiger partial charge in [-0.1, -0.05) is 30.7 Å². The number of benzene rings is 2. The zero-order chi connectivity index (χ0) is 20.3. The lowest BCUT2D eigenvalue weighted by Crippen LogP contribution is -2.10. The van der Waals surface area contributed by atoms with Gasteiger partial charge in [-0.3, -0.25) is 9.78 Å². The van der Waals surface area contributed by atoms with E-state index in [9.17, 15) is 9.90 Å². The number of rotatable bonds is 7. The van der Waals surface area contributed by atoms with Gasteiger partial charge >= 0.3 is 0 Å². The molecule has 1 unspecified atom stereocenters. The van der Waals surface area contributed by atoms with Crippen molar-refractivity contribution in [3.8, 4) is 11.5 Å². The van der Waals surface area contributed by atoms with Gasteiger partial charge in [-0.15, -0.1) is 0 Å². The van der Waals surface area contributed by atoms with E-state index in [0.717, 1.165) is 23.3 Å². The van der Waals surface area contributed by atoms with Crippen molar-refractivity contribution in [2.24, 2.45) is 0 Å². The van der Waals surface area contributed by atoms with E-state index in [0.29, 0.717) is 27.9 Å². The molecular formula is C23H24ClNO3. The zero-order valence-electron chi connectivity index (χ0n) is 16.3. The van der Waals surface area contributed by atoms with E-state index in [1.165, 1.54) is 0 Å². The summed E-state index contributed by atoms with van der Waals surface area (Å²) in [5.74, 6) is 0.616. The molecule has 0 aliphatic carbocycles. The average molecular weight is 398 g/mol. The standard InChI is InChI=1S/C23H24ClNO3/c1-4-6-16(26)12-18(15-9-8-14(2)21(11-15)28-3)19-13-20(24)17-7-5-10-25-22(17)23(19)27/h5,7-11,13,18,27H,4,6,12H2,1-3H3. The number of aryl methyl sites for hydroxylation is 1. The molecule has 0 aliphatic rings. The second kappa shape index (κ2) is 8.61. The van der Waals surface area contributed by atoms with Crippen LogP contribution >= 0.6 is 11.6 Å². The number of aromatic nitrogens is 1. The number of aromatic hydroxyl groups is 1. The highest BCUT2D eigenvalue weighted by Crippen LogP contribution is 2.41. The Morgan fingerprint density at radius 2 is 2.07 bits per heavy atom. The minimum absolute atomic E-state index is 0.0637. The molecule has 3 aromatic rings. The molecule has 2 aromatic carbocycles. The minimum Gasteiger partial charge on any atom is -0.505 e. The number of hydrogen-bond acceptors (Lipinski definition) is 4. The number of pyridine rings is 1. The molecule has 1 heterocycles. The largest absolute Gasteiger partial charge is 0.505 e. The van der Waals surface area contributed by atoms with E-state index < -0.39 is 0 Å². The third-order valence-electron chi connectivity index (χ3n) is 5.02. The maximum Gasteiger partial charge on any atom is 0.145 e. The van der Waals surface area contributed by atoms with Gasteiger partial charge in [0.15, 0.2) is 0 Å². The number of hydrogen-bond donors (Lipinski definition) is 1. The Bertz CT molecular complexity index is 1020. The van der Waals surface area contributed by atoms with Crippen molar-refractivity contribution in [2.45, 2.75) is 39.0 Å². The van der Waals surface area contributed by atoms with Crippen LogP contribution in [-0.4, -0.2) is 23.0 Å². The first-order valence-corrected chi connectivity index (χ1v) is 9.76. The van der Waals surface area contributed by atoms with Crippen molar-refractivity contribution in [3.63, 3.8) is 0 Å². The number of methoxy groups -OCH3 is 1. The summed E-state index contributed by atoms with van der Waals surface area (Å²) in [6.07, 6.45) is 3.19. The van der Waals surface area contributed by atoms with Gasteiger partial charge < -0.3 is 9.84 Å². The van der Waals surface area contributed by atoms with Crippen LogP contribution in [0.2, 0.25) is 5.02 Å². The lowest BCUT2D eigenvalue weighted by molar-refractivity contribution is -0.119. The minimum atomic E-state index is -0.336. The maximum absolute atomic E-state index is 12.5. The Kier molecular flexibility index (Phi) is 6.20. The number of ketones is 1. The molecule has 0 saturated carbocycles. The number of halogens is 1. The van der Waals surface area contributed by atoms with Crippen LogP contribution in [0.3, 0.4) is 0 Å². The predicted molar refractivity (Wildman–Crippen MR) is 113 cm³/mol. The molecule has 1 aromatic heterocycles. The summed E-state index contributed by atoms with van der Waals surface area (Å²) in [5.41, 5.74) is 2.95. The second-order valence-corrected chi connectivity index (χ2v) is 7.38. The molecule has 0 aliphatic heterocycles. The van der Waals surface area contributed by atoms with Gasteiger partial charge in [-0.2, -0.15) is 0 Å². The Balaban J connectivity index is 2.18. The number of phenolic OH excluding ortho intramolecular Hbond substituents is 1. The van der Waals surface area contributed by atoms with Crippen LogP contribution in [0.4, 0.5) is 0 Å². The van der Waals surface area contributed by atoms with Crippen molar-refractivity contribution < 1.29 is 14.6 Å². The average Bonchev–Trinajstić information content (AvgIpc) is 2.70. The van der Waals surface area contributed by atoms with E-state index in [4.69, 9.17) is 16.3 Å². The van der Waals surface area contributed by atoms with Gasteiger partial charge in [0, 0.05) is 35.9 Å². The Hall–Kier alpha value is -2.59. The first-order valence-electron chi connectivity index (χ1n) is 9.38. The van der Waals surface area contributed by atoms with Crippen molar-refractivity contribution in [3.05, 3.63) is 64.3 Å². The third-order valence-corrected chi connectivity index (χ3v) is 5.33. The van der Waals surface area contributed by atoms with Crippen LogP contribution in [0, 0.1) is 6.92 Å². The summed E-state index contributed by atoms with van der Waals surface area (Å²) in [7, 11) is 1.62. The molecule has 146 valence electrons. The molecule has 4 nitrogen and oxygen atoms in total. The summed E-state index contributed by atoms with van der Waals surface area (Å²) in [6.45, 7) is 3.95. The first-order chi connectivity index (χ1) is 13.5. The Morgan fingerprint density at radius 3 is 2.79 bits per heavy atom. The fourth-order valence-corrected chi connectivity index (χ4v) is 3.81. The molecule has 0 fully saturated rings. The first kappa shape index (κ1) is 20.2. The van der Waals surface area contributed by atoms with E-state index in [-0.39, 0.29) is 23.9 Å². The predicted octanol–water partition coefficient (Wildman–Crippen LogP) is 5.80. The van der Waals surface area contributed by atoms with Crippen LogP contribution in [0.15, 0.2) is 42.6 Å². The molecule has 28 heavy (non-hydrogen) atoms. The van der Waals surface area contributed by atoms with Crippen LogP contribution in [0.5, 0.6) is 11.5 Å². The summed E-state index contributed by atoms with van der Waals surface area (Å²) < 4.78 is 5.46. The number of carbonyl (C=O) groups excluding carboxylic acids is 1. The van der Waals surface area contributed by atoms with Crippen molar-refractivity contribution >= 4 is 28.3 Å². The molecule has 3 rings (SSSR count). The summed E-state index contributed by atoms with van der Waals surface area (Å²) in [6, 6.07) is 11.2. The number of Topliss-reactive ketones (excluding diaryl/α,β-unsaturated/α-hetero) is 1. The van der Waals surface area contributed by atoms with E-state index in [2.05, 4.69) is 4.98 Å². The van der Waals surface area contributed by atoms with Crippen molar-refractivity contribution in [1.29, 1.82) is 0 Å². The molecule has 0 bridgehead atoms. The normalized spacial score (nSPS) is 12.1. The number of fused-ring (bicyclic) bond motifs is 1. The fourth-order valence-electron chi connectivity index (χ4n) is 3.54. The van der Waals surface area contributed by atoms with Crippen LogP contribution in [0.25, 0.3) is 10.9 Å². The van der Waals surface area contributed by atoms with Crippen LogP contribution < -0.4 is 4.74 Å². The molecule has 1 atom stereocenters.